The molecule has 1 aromatic carbocycles. The molecule has 7 nitrogen and oxygen atoms in total. The van der Waals surface area contributed by atoms with E-state index >= 15 is 0 Å². The van der Waals surface area contributed by atoms with Crippen molar-refractivity contribution in [3.8, 4) is 5.75 Å². The number of carbonyl (C=O) groups excluding carboxylic acids is 2. The van der Waals surface area contributed by atoms with Gasteiger partial charge in [0.15, 0.2) is 0 Å². The van der Waals surface area contributed by atoms with Gasteiger partial charge in [0.2, 0.25) is 11.8 Å². The lowest BCUT2D eigenvalue weighted by Crippen LogP contribution is -2.68. The van der Waals surface area contributed by atoms with E-state index < -0.39 is 18.2 Å². The fourth-order valence-corrected chi connectivity index (χ4v) is 4.21. The third-order valence-corrected chi connectivity index (χ3v) is 5.47. The molecule has 0 saturated carbocycles. The summed E-state index contributed by atoms with van der Waals surface area (Å²) in [6.45, 7) is 2.74. The monoisotopic (exact) mass is 345 g/mol. The fourth-order valence-electron chi connectivity index (χ4n) is 4.21. The Balaban J connectivity index is 1.50. The predicted molar refractivity (Wildman–Crippen MR) is 89.9 cm³/mol. The van der Waals surface area contributed by atoms with Gasteiger partial charge in [-0.2, -0.15) is 0 Å². The number of benzene rings is 1. The summed E-state index contributed by atoms with van der Waals surface area (Å²) in [7, 11) is 1.65. The molecule has 7 heteroatoms. The maximum atomic E-state index is 12.8. The molecule has 0 aliphatic carbocycles. The minimum Gasteiger partial charge on any atom is -0.496 e. The van der Waals surface area contributed by atoms with Gasteiger partial charge in [-0.3, -0.25) is 14.5 Å². The number of piperazine rings is 2. The van der Waals surface area contributed by atoms with Crippen LogP contribution >= 0.6 is 0 Å². The first-order valence-corrected chi connectivity index (χ1v) is 8.71. The Morgan fingerprint density at radius 1 is 1.08 bits per heavy atom. The lowest BCUT2D eigenvalue weighted by atomic mass is 10.0. The topological polar surface area (TPSA) is 73.3 Å². The quantitative estimate of drug-likeness (QED) is 0.813. The van der Waals surface area contributed by atoms with Gasteiger partial charge < -0.3 is 19.6 Å². The molecule has 0 radical (unpaired) electrons. The smallest absolute Gasteiger partial charge is 0.247 e. The van der Waals surface area contributed by atoms with Crippen LogP contribution in [-0.4, -0.2) is 83.1 Å². The molecule has 3 atom stereocenters. The molecule has 4 rings (SSSR count). The van der Waals surface area contributed by atoms with Gasteiger partial charge >= 0.3 is 0 Å². The molecule has 25 heavy (non-hydrogen) atoms. The molecule has 3 aliphatic heterocycles. The summed E-state index contributed by atoms with van der Waals surface area (Å²) in [4.78, 5) is 31.0. The second-order valence-electron chi connectivity index (χ2n) is 6.99. The lowest BCUT2D eigenvalue weighted by Gasteiger charge is -2.47. The maximum Gasteiger partial charge on any atom is 0.247 e. The van der Waals surface area contributed by atoms with E-state index in [1.54, 1.807) is 16.9 Å². The summed E-state index contributed by atoms with van der Waals surface area (Å²) in [5.41, 5.74) is 1.07. The SMILES string of the molecule is COc1ccccc1CN1CCN2C(=O)[C@@H]3C[C@@H](O)CN3C(=O)[C@H]2C1. The highest BCUT2D eigenvalue weighted by Crippen LogP contribution is 2.30. The number of nitrogens with zero attached hydrogens (tertiary/aromatic N) is 3. The van der Waals surface area contributed by atoms with Gasteiger partial charge in [0.25, 0.3) is 0 Å². The molecule has 1 N–H and O–H groups in total. The normalized spacial score (nSPS) is 29.6. The summed E-state index contributed by atoms with van der Waals surface area (Å²) in [5.74, 6) is 0.780. The largest absolute Gasteiger partial charge is 0.496 e. The number of fused-ring (bicyclic) bond motifs is 2. The Hall–Kier alpha value is -2.12. The zero-order chi connectivity index (χ0) is 17.6. The molecule has 0 aromatic heterocycles. The van der Waals surface area contributed by atoms with Crippen molar-refractivity contribution in [2.75, 3.05) is 33.3 Å². The number of amides is 2. The van der Waals surface area contributed by atoms with E-state index in [1.807, 2.05) is 24.3 Å². The number of para-hydroxylation sites is 1. The van der Waals surface area contributed by atoms with Crippen molar-refractivity contribution < 1.29 is 19.4 Å². The number of hydrogen-bond acceptors (Lipinski definition) is 5. The fraction of sp³-hybridized carbons (Fsp3) is 0.556. The number of hydrogen-bond donors (Lipinski definition) is 1. The average Bonchev–Trinajstić information content (AvgIpc) is 3.02. The molecule has 134 valence electrons. The molecule has 3 aliphatic rings. The second-order valence-corrected chi connectivity index (χ2v) is 6.99. The van der Waals surface area contributed by atoms with Crippen LogP contribution in [0.15, 0.2) is 24.3 Å². The first kappa shape index (κ1) is 16.4. The van der Waals surface area contributed by atoms with Crippen LogP contribution in [0.5, 0.6) is 5.75 Å². The van der Waals surface area contributed by atoms with Crippen LogP contribution in [0.3, 0.4) is 0 Å². The van der Waals surface area contributed by atoms with Gasteiger partial charge in [0.05, 0.1) is 13.2 Å². The van der Waals surface area contributed by atoms with E-state index in [0.717, 1.165) is 17.9 Å². The number of aliphatic hydroxyl groups excluding tert-OH is 1. The maximum absolute atomic E-state index is 12.8. The lowest BCUT2D eigenvalue weighted by molar-refractivity contribution is -0.163. The van der Waals surface area contributed by atoms with E-state index in [9.17, 15) is 14.7 Å². The molecular formula is C18H23N3O4. The van der Waals surface area contributed by atoms with E-state index in [1.165, 1.54) is 0 Å². The summed E-state index contributed by atoms with van der Waals surface area (Å²) in [5, 5.41) is 9.84. The van der Waals surface area contributed by atoms with Crippen LogP contribution in [0, 0.1) is 0 Å². The number of rotatable bonds is 3. The predicted octanol–water partition coefficient (Wildman–Crippen LogP) is -0.317. The molecule has 1 aromatic rings. The number of aliphatic hydroxyl groups is 1. The van der Waals surface area contributed by atoms with Gasteiger partial charge in [-0.15, -0.1) is 0 Å². The van der Waals surface area contributed by atoms with Crippen LogP contribution in [0.4, 0.5) is 0 Å². The Morgan fingerprint density at radius 2 is 1.84 bits per heavy atom. The molecule has 0 bridgehead atoms. The first-order chi connectivity index (χ1) is 12.1. The third kappa shape index (κ3) is 2.77. The molecule has 3 heterocycles. The Morgan fingerprint density at radius 3 is 2.64 bits per heavy atom. The molecule has 3 fully saturated rings. The van der Waals surface area contributed by atoms with Crippen LogP contribution in [0.25, 0.3) is 0 Å². The number of ether oxygens (including phenoxy) is 1. The molecule has 0 unspecified atom stereocenters. The van der Waals surface area contributed by atoms with Crippen molar-refractivity contribution in [3.05, 3.63) is 29.8 Å². The van der Waals surface area contributed by atoms with E-state index in [4.69, 9.17) is 4.74 Å². The van der Waals surface area contributed by atoms with Crippen molar-refractivity contribution in [3.63, 3.8) is 0 Å². The van der Waals surface area contributed by atoms with Gasteiger partial charge in [-0.1, -0.05) is 18.2 Å². The third-order valence-electron chi connectivity index (χ3n) is 5.47. The van der Waals surface area contributed by atoms with E-state index in [2.05, 4.69) is 4.90 Å². The Labute approximate surface area is 146 Å². The number of carbonyl (C=O) groups is 2. The highest BCUT2D eigenvalue weighted by molar-refractivity contribution is 5.97. The zero-order valence-corrected chi connectivity index (χ0v) is 14.3. The van der Waals surface area contributed by atoms with Crippen molar-refractivity contribution >= 4 is 11.8 Å². The molecule has 3 saturated heterocycles. The molecule has 0 spiro atoms. The van der Waals surface area contributed by atoms with Crippen molar-refractivity contribution in [1.29, 1.82) is 0 Å². The van der Waals surface area contributed by atoms with Gasteiger partial charge in [-0.25, -0.2) is 0 Å². The molecular weight excluding hydrogens is 322 g/mol. The van der Waals surface area contributed by atoms with Crippen LogP contribution in [-0.2, 0) is 16.1 Å². The second kappa shape index (κ2) is 6.31. The van der Waals surface area contributed by atoms with Gasteiger partial charge in [0.1, 0.15) is 17.8 Å². The first-order valence-electron chi connectivity index (χ1n) is 8.71. The Bertz CT molecular complexity index is 695. The summed E-state index contributed by atoms with van der Waals surface area (Å²) in [6, 6.07) is 6.93. The van der Waals surface area contributed by atoms with E-state index in [0.29, 0.717) is 26.1 Å². The van der Waals surface area contributed by atoms with Crippen LogP contribution in [0.1, 0.15) is 12.0 Å². The summed E-state index contributed by atoms with van der Waals surface area (Å²) < 4.78 is 5.41. The summed E-state index contributed by atoms with van der Waals surface area (Å²) >= 11 is 0. The van der Waals surface area contributed by atoms with Crippen molar-refractivity contribution in [2.24, 2.45) is 0 Å². The highest BCUT2D eigenvalue weighted by Gasteiger charge is 2.51. The summed E-state index contributed by atoms with van der Waals surface area (Å²) in [6.07, 6.45) is -0.234. The van der Waals surface area contributed by atoms with Crippen molar-refractivity contribution in [2.45, 2.75) is 31.2 Å². The number of methoxy groups -OCH3 is 1. The van der Waals surface area contributed by atoms with Crippen LogP contribution in [0.2, 0.25) is 0 Å². The zero-order valence-electron chi connectivity index (χ0n) is 14.3. The van der Waals surface area contributed by atoms with Gasteiger partial charge in [-0.05, 0) is 6.07 Å². The molecule has 2 amide bonds. The van der Waals surface area contributed by atoms with Crippen LogP contribution < -0.4 is 4.74 Å². The Kier molecular flexibility index (Phi) is 4.13. The van der Waals surface area contributed by atoms with Gasteiger partial charge in [0, 0.05) is 44.7 Å². The minimum atomic E-state index is -0.594. The van der Waals surface area contributed by atoms with Crippen molar-refractivity contribution in [1.82, 2.24) is 14.7 Å². The minimum absolute atomic E-state index is 0.0157. The standard InChI is InChI=1S/C18H23N3O4/c1-25-16-5-3-2-4-12(16)9-19-6-7-20-15(11-19)18(24)21-10-13(22)8-14(21)17(20)23/h2-5,13-15,22H,6-11H2,1H3/t13-,14+,15-/m1/s1. The highest BCUT2D eigenvalue weighted by atomic mass is 16.5. The van der Waals surface area contributed by atoms with E-state index in [-0.39, 0.29) is 18.4 Å². The average molecular weight is 345 g/mol.